The van der Waals surface area contributed by atoms with E-state index in [1.54, 1.807) is 18.2 Å². The van der Waals surface area contributed by atoms with Crippen LogP contribution in [0, 0.1) is 11.8 Å². The van der Waals surface area contributed by atoms with Crippen LogP contribution in [0.15, 0.2) is 46.2 Å². The molecule has 8 heteroatoms. The zero-order chi connectivity index (χ0) is 26.7. The van der Waals surface area contributed by atoms with Gasteiger partial charge in [0.2, 0.25) is 0 Å². The third-order valence-corrected chi connectivity index (χ3v) is 17.5. The van der Waals surface area contributed by atoms with Gasteiger partial charge in [0.05, 0.1) is 28.9 Å². The number of ether oxygens (including phenoxy) is 1. The second-order valence-corrected chi connectivity index (χ2v) is 21.2. The molecule has 0 radical (unpaired) electrons. The van der Waals surface area contributed by atoms with Crippen LogP contribution in [0.5, 0.6) is 0 Å². The Morgan fingerprint density at radius 3 is 2.11 bits per heavy atom. The van der Waals surface area contributed by atoms with E-state index in [9.17, 15) is 9.00 Å². The molecule has 0 aliphatic rings. The normalized spacial score (nSPS) is 14.6. The molecule has 5 nitrogen and oxygen atoms in total. The summed E-state index contributed by atoms with van der Waals surface area (Å²) in [6.45, 7) is 19.2. The Labute approximate surface area is 217 Å². The van der Waals surface area contributed by atoms with Gasteiger partial charge in [-0.05, 0) is 54.5 Å². The molecule has 1 aromatic carbocycles. The van der Waals surface area contributed by atoms with E-state index in [1.165, 1.54) is 6.92 Å². The molecule has 0 N–H and O–H groups in total. The number of benzene rings is 1. The molecule has 0 fully saturated rings. The molecule has 0 aromatic heterocycles. The largest absolute Gasteiger partial charge is 0.444 e. The van der Waals surface area contributed by atoms with Gasteiger partial charge in [-0.25, -0.2) is 4.21 Å². The van der Waals surface area contributed by atoms with E-state index >= 15 is 0 Å². The van der Waals surface area contributed by atoms with E-state index in [1.807, 2.05) is 18.2 Å². The maximum Gasteiger partial charge on any atom is 0.304 e. The summed E-state index contributed by atoms with van der Waals surface area (Å²) in [5.74, 6) is 5.59. The molecule has 0 aliphatic carbocycles. The van der Waals surface area contributed by atoms with Crippen LogP contribution < -0.4 is 0 Å². The molecule has 0 saturated carbocycles. The number of hydrogen-bond acceptors (Lipinski definition) is 5. The summed E-state index contributed by atoms with van der Waals surface area (Å²) >= 11 is 0. The van der Waals surface area contributed by atoms with Gasteiger partial charge in [0, 0.05) is 11.8 Å². The number of hydrogen-bond donors (Lipinski definition) is 0. The van der Waals surface area contributed by atoms with Gasteiger partial charge in [-0.3, -0.25) is 4.79 Å². The predicted molar refractivity (Wildman–Crippen MR) is 151 cm³/mol. The van der Waals surface area contributed by atoms with Crippen LogP contribution in [0.3, 0.4) is 0 Å². The van der Waals surface area contributed by atoms with Gasteiger partial charge in [-0.1, -0.05) is 71.6 Å². The van der Waals surface area contributed by atoms with E-state index < -0.39 is 39.5 Å². The third-order valence-electron chi connectivity index (χ3n) is 6.87. The summed E-state index contributed by atoms with van der Waals surface area (Å²) in [7, 11) is -5.36. The zero-order valence-corrected chi connectivity index (χ0v) is 25.8. The molecule has 0 heterocycles. The molecule has 0 amide bonds. The summed E-state index contributed by atoms with van der Waals surface area (Å²) in [6.07, 6.45) is 0.830. The Bertz CT molecular complexity index is 914. The summed E-state index contributed by atoms with van der Waals surface area (Å²) in [5.41, 5.74) is 0. The average Bonchev–Trinajstić information content (AvgIpc) is 2.81. The van der Waals surface area contributed by atoms with Crippen molar-refractivity contribution >= 4 is 33.4 Å². The fourth-order valence-electron chi connectivity index (χ4n) is 3.21. The third kappa shape index (κ3) is 9.81. The van der Waals surface area contributed by atoms with E-state index in [4.69, 9.17) is 13.6 Å². The van der Waals surface area contributed by atoms with Crippen LogP contribution in [0.1, 0.15) is 48.5 Å². The SMILES string of the molecule is CC[Si](CC)(CC)OCC#C[C@H](OC(C)=O)/C(=C\CO[Si](C)(C)C(C)(C)C)[S@@](=O)c1ccccc1. The quantitative estimate of drug-likeness (QED) is 0.170. The van der Waals surface area contributed by atoms with Crippen LogP contribution in [-0.2, 0) is 29.2 Å². The van der Waals surface area contributed by atoms with Crippen molar-refractivity contribution in [3.8, 4) is 11.8 Å². The molecule has 196 valence electrons. The Hall–Kier alpha value is -1.51. The minimum Gasteiger partial charge on any atom is -0.444 e. The van der Waals surface area contributed by atoms with Crippen LogP contribution in [0.4, 0.5) is 0 Å². The van der Waals surface area contributed by atoms with Crippen molar-refractivity contribution < 1.29 is 22.6 Å². The molecule has 0 bridgehead atoms. The molecule has 0 saturated heterocycles. The number of carbonyl (C=O) groups excluding carboxylic acids is 1. The fourth-order valence-corrected chi connectivity index (χ4v) is 7.83. The van der Waals surface area contributed by atoms with Crippen molar-refractivity contribution in [2.45, 2.75) is 95.7 Å². The van der Waals surface area contributed by atoms with Gasteiger partial charge >= 0.3 is 5.97 Å². The van der Waals surface area contributed by atoms with Crippen LogP contribution in [0.2, 0.25) is 36.3 Å². The number of esters is 1. The monoisotopic (exact) mass is 536 g/mol. The molecule has 0 unspecified atom stereocenters. The summed E-state index contributed by atoms with van der Waals surface area (Å²) < 4.78 is 31.7. The number of rotatable bonds is 12. The standard InChI is InChI=1S/C27H44O5SSi2/c1-10-35(11-2,12-3)31-21-16-19-25(32-23(4)28)26(33(29)24-17-14-13-15-18-24)20-22-30-34(8,9)27(5,6)7/h13-15,17-18,20,25H,10-12,21-22H2,1-9H3/b26-20+/t25-,33-/m0/s1. The summed E-state index contributed by atoms with van der Waals surface area (Å²) in [5, 5.41) is 0.0419. The van der Waals surface area contributed by atoms with Gasteiger partial charge in [0.25, 0.3) is 0 Å². The van der Waals surface area contributed by atoms with Crippen molar-refractivity contribution in [2.24, 2.45) is 0 Å². The Kier molecular flexibility index (Phi) is 12.9. The highest BCUT2D eigenvalue weighted by molar-refractivity contribution is 7.89. The molecule has 2 atom stereocenters. The van der Waals surface area contributed by atoms with Crippen molar-refractivity contribution in [2.75, 3.05) is 13.2 Å². The van der Waals surface area contributed by atoms with Gasteiger partial charge in [-0.2, -0.15) is 0 Å². The van der Waals surface area contributed by atoms with Crippen LogP contribution in [-0.4, -0.2) is 46.1 Å². The average molecular weight is 537 g/mol. The van der Waals surface area contributed by atoms with Gasteiger partial charge in [0.1, 0.15) is 0 Å². The smallest absolute Gasteiger partial charge is 0.304 e. The first-order valence-corrected chi connectivity index (χ1v) is 19.0. The van der Waals surface area contributed by atoms with Gasteiger partial charge < -0.3 is 13.6 Å². The first-order valence-electron chi connectivity index (χ1n) is 12.4. The number of carbonyl (C=O) groups is 1. The predicted octanol–water partition coefficient (Wildman–Crippen LogP) is 6.66. The minimum absolute atomic E-state index is 0.0419. The molecule has 1 rings (SSSR count). The van der Waals surface area contributed by atoms with E-state index in [0.717, 1.165) is 18.1 Å². The molecule has 1 aromatic rings. The second-order valence-electron chi connectivity index (χ2n) is 10.1. The summed E-state index contributed by atoms with van der Waals surface area (Å²) in [6, 6.07) is 12.2. The lowest BCUT2D eigenvalue weighted by atomic mass is 10.2. The first-order chi connectivity index (χ1) is 16.3. The lowest BCUT2D eigenvalue weighted by molar-refractivity contribution is -0.142. The van der Waals surface area contributed by atoms with Crippen LogP contribution in [0.25, 0.3) is 0 Å². The molecular formula is C27H44O5SSi2. The topological polar surface area (TPSA) is 61.8 Å². The highest BCUT2D eigenvalue weighted by Crippen LogP contribution is 2.36. The Morgan fingerprint density at radius 2 is 1.63 bits per heavy atom. The minimum atomic E-state index is -2.02. The molecular weight excluding hydrogens is 493 g/mol. The summed E-state index contributed by atoms with van der Waals surface area (Å²) in [4.78, 5) is 13.0. The maximum absolute atomic E-state index is 13.6. The first kappa shape index (κ1) is 31.5. The highest BCUT2D eigenvalue weighted by atomic mass is 32.2. The lowest BCUT2D eigenvalue weighted by Gasteiger charge is -2.35. The van der Waals surface area contributed by atoms with Crippen molar-refractivity contribution in [3.63, 3.8) is 0 Å². The molecule has 0 spiro atoms. The highest BCUT2D eigenvalue weighted by Gasteiger charge is 2.37. The van der Waals surface area contributed by atoms with Crippen LogP contribution >= 0.6 is 0 Å². The Balaban J connectivity index is 3.30. The van der Waals surface area contributed by atoms with Crippen molar-refractivity contribution in [3.05, 3.63) is 41.3 Å². The molecule has 35 heavy (non-hydrogen) atoms. The maximum atomic E-state index is 13.6. The van der Waals surface area contributed by atoms with Gasteiger partial charge in [0.15, 0.2) is 22.7 Å². The van der Waals surface area contributed by atoms with Gasteiger partial charge in [-0.15, -0.1) is 0 Å². The van der Waals surface area contributed by atoms with E-state index in [-0.39, 0.29) is 18.3 Å². The van der Waals surface area contributed by atoms with E-state index in [0.29, 0.717) is 9.80 Å². The Morgan fingerprint density at radius 1 is 1.06 bits per heavy atom. The second kappa shape index (κ2) is 14.3. The lowest BCUT2D eigenvalue weighted by Crippen LogP contribution is -2.40. The van der Waals surface area contributed by atoms with Crippen molar-refractivity contribution in [1.82, 2.24) is 0 Å². The zero-order valence-electron chi connectivity index (χ0n) is 23.0. The van der Waals surface area contributed by atoms with E-state index in [2.05, 4.69) is 66.5 Å². The molecule has 0 aliphatic heterocycles. The fraction of sp³-hybridized carbons (Fsp3) is 0.593. The van der Waals surface area contributed by atoms with Crippen molar-refractivity contribution in [1.29, 1.82) is 0 Å².